The van der Waals surface area contributed by atoms with E-state index in [1.807, 2.05) is 0 Å². The van der Waals surface area contributed by atoms with Crippen LogP contribution in [0.1, 0.15) is 65.7 Å². The first-order valence-electron chi connectivity index (χ1n) is 8.71. The van der Waals surface area contributed by atoms with Gasteiger partial charge >= 0.3 is 0 Å². The van der Waals surface area contributed by atoms with Gasteiger partial charge < -0.3 is 5.32 Å². The van der Waals surface area contributed by atoms with Gasteiger partial charge in [0.2, 0.25) is 0 Å². The molecule has 1 N–H and O–H groups in total. The molecule has 3 fully saturated rings. The van der Waals surface area contributed by atoms with Crippen molar-refractivity contribution in [3.63, 3.8) is 0 Å². The molecule has 2 heteroatoms. The minimum Gasteiger partial charge on any atom is -0.314 e. The number of fused-ring (bicyclic) bond motifs is 2. The van der Waals surface area contributed by atoms with Gasteiger partial charge in [-0.1, -0.05) is 27.2 Å². The molecule has 19 heavy (non-hydrogen) atoms. The summed E-state index contributed by atoms with van der Waals surface area (Å²) in [4.78, 5) is 2.99. The number of hydrogen-bond acceptors (Lipinski definition) is 2. The number of hydrogen-bond donors (Lipinski definition) is 1. The van der Waals surface area contributed by atoms with Crippen LogP contribution in [0.4, 0.5) is 0 Å². The van der Waals surface area contributed by atoms with Gasteiger partial charge in [0.1, 0.15) is 0 Å². The summed E-state index contributed by atoms with van der Waals surface area (Å²) < 4.78 is 0. The summed E-state index contributed by atoms with van der Waals surface area (Å²) in [6.07, 6.45) is 10.1. The zero-order valence-electron chi connectivity index (χ0n) is 13.1. The van der Waals surface area contributed by atoms with Gasteiger partial charge in [0, 0.05) is 24.2 Å². The topological polar surface area (TPSA) is 15.3 Å². The third-order valence-corrected chi connectivity index (χ3v) is 6.33. The van der Waals surface area contributed by atoms with Gasteiger partial charge in [0.15, 0.2) is 0 Å². The molecule has 2 saturated heterocycles. The smallest absolute Gasteiger partial charge is 0.0129 e. The second-order valence-corrected chi connectivity index (χ2v) is 7.39. The predicted octanol–water partition coefficient (Wildman–Crippen LogP) is 3.42. The van der Waals surface area contributed by atoms with E-state index < -0.39 is 0 Å². The van der Waals surface area contributed by atoms with Crippen LogP contribution >= 0.6 is 0 Å². The number of rotatable bonds is 3. The molecule has 3 rings (SSSR count). The molecule has 1 saturated carbocycles. The van der Waals surface area contributed by atoms with Crippen LogP contribution < -0.4 is 5.32 Å². The Kier molecular flexibility index (Phi) is 4.19. The Bertz CT molecular complexity index is 290. The van der Waals surface area contributed by atoms with Crippen molar-refractivity contribution >= 4 is 0 Å². The van der Waals surface area contributed by atoms with Crippen LogP contribution in [-0.2, 0) is 0 Å². The van der Waals surface area contributed by atoms with E-state index in [1.54, 1.807) is 0 Å². The molecule has 5 unspecified atom stereocenters. The molecule has 5 atom stereocenters. The molecule has 1 aliphatic carbocycles. The van der Waals surface area contributed by atoms with Gasteiger partial charge in [-0.2, -0.15) is 0 Å². The first-order chi connectivity index (χ1) is 9.20. The summed E-state index contributed by atoms with van der Waals surface area (Å²) in [7, 11) is 0. The number of nitrogens with one attached hydrogen (secondary N) is 1. The fraction of sp³-hybridized carbons (Fsp3) is 1.00. The van der Waals surface area contributed by atoms with Gasteiger partial charge in [-0.25, -0.2) is 0 Å². The highest BCUT2D eigenvalue weighted by molar-refractivity contribution is 5.00. The van der Waals surface area contributed by atoms with Crippen molar-refractivity contribution in [2.75, 3.05) is 6.54 Å². The molecule has 0 amide bonds. The molecule has 2 bridgehead atoms. The lowest BCUT2D eigenvalue weighted by atomic mass is 9.79. The summed E-state index contributed by atoms with van der Waals surface area (Å²) in [6.45, 7) is 8.37. The van der Waals surface area contributed by atoms with Crippen molar-refractivity contribution in [3.8, 4) is 0 Å². The van der Waals surface area contributed by atoms with Gasteiger partial charge in [0.25, 0.3) is 0 Å². The maximum atomic E-state index is 3.72. The summed E-state index contributed by atoms with van der Waals surface area (Å²) >= 11 is 0. The van der Waals surface area contributed by atoms with E-state index in [9.17, 15) is 0 Å². The quantitative estimate of drug-likeness (QED) is 0.840. The van der Waals surface area contributed by atoms with E-state index in [0.29, 0.717) is 0 Å². The third-order valence-electron chi connectivity index (χ3n) is 6.33. The van der Waals surface area contributed by atoms with E-state index in [2.05, 4.69) is 31.0 Å². The van der Waals surface area contributed by atoms with Crippen LogP contribution in [0.3, 0.4) is 0 Å². The first-order valence-corrected chi connectivity index (χ1v) is 8.71. The summed E-state index contributed by atoms with van der Waals surface area (Å²) in [6, 6.07) is 3.46. The Hall–Kier alpha value is -0.0800. The SMILES string of the molecule is CCNC1CC2CCCC(C1)N2C1CCC(C)C1C. The first kappa shape index (κ1) is 13.9. The lowest BCUT2D eigenvalue weighted by Gasteiger charge is -2.53. The fourth-order valence-electron chi connectivity index (χ4n) is 5.17. The van der Waals surface area contributed by atoms with Crippen molar-refractivity contribution in [1.82, 2.24) is 10.2 Å². The van der Waals surface area contributed by atoms with E-state index in [4.69, 9.17) is 0 Å². The van der Waals surface area contributed by atoms with Gasteiger partial charge in [0.05, 0.1) is 0 Å². The highest BCUT2D eigenvalue weighted by atomic mass is 15.2. The Morgan fingerprint density at radius 3 is 2.21 bits per heavy atom. The predicted molar refractivity (Wildman–Crippen MR) is 81.3 cm³/mol. The summed E-state index contributed by atoms with van der Waals surface area (Å²) in [5.41, 5.74) is 0. The largest absolute Gasteiger partial charge is 0.314 e. The molecule has 2 nitrogen and oxygen atoms in total. The zero-order chi connectivity index (χ0) is 13.4. The lowest BCUT2D eigenvalue weighted by molar-refractivity contribution is -0.0228. The highest BCUT2D eigenvalue weighted by Gasteiger charge is 2.45. The Morgan fingerprint density at radius 2 is 1.68 bits per heavy atom. The summed E-state index contributed by atoms with van der Waals surface area (Å²) in [5.74, 6) is 1.86. The van der Waals surface area contributed by atoms with E-state index in [0.717, 1.165) is 42.5 Å². The highest BCUT2D eigenvalue weighted by Crippen LogP contribution is 2.43. The molecular formula is C17H32N2. The molecule has 2 heterocycles. The minimum atomic E-state index is 0.797. The lowest BCUT2D eigenvalue weighted by Crippen LogP contribution is -2.60. The molecule has 0 aromatic carbocycles. The molecule has 110 valence electrons. The average Bonchev–Trinajstić information content (AvgIpc) is 2.69. The average molecular weight is 264 g/mol. The van der Waals surface area contributed by atoms with E-state index >= 15 is 0 Å². The normalized spacial score (nSPS) is 47.5. The van der Waals surface area contributed by atoms with E-state index in [-0.39, 0.29) is 0 Å². The summed E-state index contributed by atoms with van der Waals surface area (Å²) in [5, 5.41) is 3.72. The molecule has 3 aliphatic rings. The molecular weight excluding hydrogens is 232 g/mol. The monoisotopic (exact) mass is 264 g/mol. The molecule has 0 spiro atoms. The molecule has 0 aromatic heterocycles. The maximum absolute atomic E-state index is 3.72. The Morgan fingerprint density at radius 1 is 1.00 bits per heavy atom. The van der Waals surface area contributed by atoms with Crippen LogP contribution in [0.5, 0.6) is 0 Å². The second kappa shape index (κ2) is 5.73. The third kappa shape index (κ3) is 2.58. The van der Waals surface area contributed by atoms with Crippen molar-refractivity contribution in [3.05, 3.63) is 0 Å². The van der Waals surface area contributed by atoms with Gasteiger partial charge in [-0.3, -0.25) is 4.90 Å². The fourth-order valence-corrected chi connectivity index (χ4v) is 5.17. The van der Waals surface area contributed by atoms with Crippen LogP contribution in [0.25, 0.3) is 0 Å². The number of piperidine rings is 2. The van der Waals surface area contributed by atoms with Gasteiger partial charge in [-0.05, 0) is 56.9 Å². The minimum absolute atomic E-state index is 0.797. The van der Waals surface area contributed by atoms with Crippen molar-refractivity contribution in [2.45, 2.75) is 89.9 Å². The van der Waals surface area contributed by atoms with E-state index in [1.165, 1.54) is 44.9 Å². The Balaban J connectivity index is 1.72. The van der Waals surface area contributed by atoms with Crippen molar-refractivity contribution in [2.24, 2.45) is 11.8 Å². The van der Waals surface area contributed by atoms with Crippen LogP contribution in [0, 0.1) is 11.8 Å². The molecule has 2 aliphatic heterocycles. The van der Waals surface area contributed by atoms with Crippen LogP contribution in [-0.4, -0.2) is 35.6 Å². The Labute approximate surface area is 119 Å². The molecule has 0 aromatic rings. The maximum Gasteiger partial charge on any atom is 0.0129 e. The molecule has 0 radical (unpaired) electrons. The van der Waals surface area contributed by atoms with Crippen molar-refractivity contribution < 1.29 is 0 Å². The van der Waals surface area contributed by atoms with Crippen LogP contribution in [0.15, 0.2) is 0 Å². The second-order valence-electron chi connectivity index (χ2n) is 7.39. The number of nitrogens with zero attached hydrogens (tertiary/aromatic N) is 1. The van der Waals surface area contributed by atoms with Crippen LogP contribution in [0.2, 0.25) is 0 Å². The van der Waals surface area contributed by atoms with Crippen molar-refractivity contribution in [1.29, 1.82) is 0 Å². The van der Waals surface area contributed by atoms with Gasteiger partial charge in [-0.15, -0.1) is 0 Å². The zero-order valence-corrected chi connectivity index (χ0v) is 13.1. The standard InChI is InChI=1S/C17H32N2/c1-4-18-14-10-15-6-5-7-16(11-14)19(15)17-9-8-12(2)13(17)3/h12-18H,4-11H2,1-3H3.